The van der Waals surface area contributed by atoms with Crippen LogP contribution in [0.5, 0.6) is 0 Å². The molecule has 2 saturated heterocycles. The number of carbonyl (C=O) groups excluding carboxylic acids is 1. The van der Waals surface area contributed by atoms with Crippen LogP contribution >= 0.6 is 12.4 Å². The average Bonchev–Trinajstić information content (AvgIpc) is 3.18. The highest BCUT2D eigenvalue weighted by Crippen LogP contribution is 2.31. The van der Waals surface area contributed by atoms with Gasteiger partial charge in [-0.3, -0.25) is 4.79 Å². The van der Waals surface area contributed by atoms with Crippen LogP contribution in [0.15, 0.2) is 30.5 Å². The number of nitrogens with one attached hydrogen (secondary N) is 1. The zero-order valence-electron chi connectivity index (χ0n) is 14.3. The van der Waals surface area contributed by atoms with E-state index in [9.17, 15) is 18.0 Å². The van der Waals surface area contributed by atoms with Crippen LogP contribution in [0.4, 0.5) is 13.2 Å². The number of amides is 1. The predicted octanol–water partition coefficient (Wildman–Crippen LogP) is 2.67. The first kappa shape index (κ1) is 19.6. The number of aromatic nitrogens is 3. The molecule has 27 heavy (non-hydrogen) atoms. The maximum absolute atomic E-state index is 12.9. The summed E-state index contributed by atoms with van der Waals surface area (Å²) >= 11 is 0. The largest absolute Gasteiger partial charge is 0.416 e. The first-order valence-electron chi connectivity index (χ1n) is 8.57. The van der Waals surface area contributed by atoms with E-state index in [1.54, 1.807) is 0 Å². The van der Waals surface area contributed by atoms with Gasteiger partial charge in [0.1, 0.15) is 0 Å². The summed E-state index contributed by atoms with van der Waals surface area (Å²) < 4.78 is 39.8. The number of benzene rings is 1. The van der Waals surface area contributed by atoms with Gasteiger partial charge in [-0.15, -0.1) is 17.5 Å². The van der Waals surface area contributed by atoms with E-state index < -0.39 is 11.7 Å². The van der Waals surface area contributed by atoms with E-state index in [1.807, 2.05) is 4.90 Å². The van der Waals surface area contributed by atoms with Gasteiger partial charge in [0.25, 0.3) is 5.91 Å². The Morgan fingerprint density at radius 1 is 1.19 bits per heavy atom. The average molecular weight is 402 g/mol. The summed E-state index contributed by atoms with van der Waals surface area (Å²) in [4.78, 5) is 14.7. The summed E-state index contributed by atoms with van der Waals surface area (Å²) in [7, 11) is 0. The molecular weight excluding hydrogens is 383 g/mol. The van der Waals surface area contributed by atoms with Crippen molar-refractivity contribution >= 4 is 18.3 Å². The minimum atomic E-state index is -4.44. The Morgan fingerprint density at radius 3 is 2.74 bits per heavy atom. The zero-order chi connectivity index (χ0) is 18.3. The summed E-state index contributed by atoms with van der Waals surface area (Å²) in [5.41, 5.74) is -0.400. The van der Waals surface area contributed by atoms with Crippen LogP contribution < -0.4 is 5.32 Å². The van der Waals surface area contributed by atoms with Crippen LogP contribution in [0.25, 0.3) is 5.69 Å². The van der Waals surface area contributed by atoms with Crippen molar-refractivity contribution in [1.29, 1.82) is 0 Å². The van der Waals surface area contributed by atoms with Crippen molar-refractivity contribution in [1.82, 2.24) is 25.2 Å². The van der Waals surface area contributed by atoms with Gasteiger partial charge in [-0.25, -0.2) is 4.68 Å². The van der Waals surface area contributed by atoms with E-state index in [2.05, 4.69) is 15.6 Å². The number of alkyl halides is 3. The molecule has 0 saturated carbocycles. The van der Waals surface area contributed by atoms with Gasteiger partial charge in [-0.2, -0.15) is 13.2 Å². The van der Waals surface area contributed by atoms with Crippen molar-refractivity contribution in [3.8, 4) is 5.69 Å². The van der Waals surface area contributed by atoms with Gasteiger partial charge < -0.3 is 10.2 Å². The second-order valence-electron chi connectivity index (χ2n) is 6.69. The van der Waals surface area contributed by atoms with Crippen molar-refractivity contribution < 1.29 is 18.0 Å². The summed E-state index contributed by atoms with van der Waals surface area (Å²) in [6.07, 6.45) is -0.224. The lowest BCUT2D eigenvalue weighted by atomic mass is 10.1. The molecule has 1 amide bonds. The maximum atomic E-state index is 12.9. The van der Waals surface area contributed by atoms with Crippen molar-refractivity contribution in [2.45, 2.75) is 37.5 Å². The SMILES string of the molecule is Cl.O=C(c1cn(-c2cccc(C(F)(F)F)c2)nn1)N1C2CCNCC1CC2. The van der Waals surface area contributed by atoms with Gasteiger partial charge in [-0.1, -0.05) is 11.3 Å². The van der Waals surface area contributed by atoms with Crippen molar-refractivity contribution in [3.05, 3.63) is 41.7 Å². The van der Waals surface area contributed by atoms with Crippen LogP contribution in [0.1, 0.15) is 35.3 Å². The minimum Gasteiger partial charge on any atom is -0.330 e. The number of rotatable bonds is 2. The van der Waals surface area contributed by atoms with Crippen LogP contribution in [-0.2, 0) is 6.18 Å². The first-order chi connectivity index (χ1) is 12.4. The molecule has 0 spiro atoms. The lowest BCUT2D eigenvalue weighted by molar-refractivity contribution is -0.137. The molecule has 1 aromatic heterocycles. The number of carbonyl (C=O) groups is 1. The van der Waals surface area contributed by atoms with Crippen molar-refractivity contribution in [2.75, 3.05) is 13.1 Å². The molecule has 2 fully saturated rings. The minimum absolute atomic E-state index is 0. The van der Waals surface area contributed by atoms with Gasteiger partial charge >= 0.3 is 6.18 Å². The van der Waals surface area contributed by atoms with Crippen LogP contribution in [0, 0.1) is 0 Å². The molecule has 1 aromatic carbocycles. The summed E-state index contributed by atoms with van der Waals surface area (Å²) in [6.45, 7) is 1.63. The summed E-state index contributed by atoms with van der Waals surface area (Å²) in [5.74, 6) is -0.209. The summed E-state index contributed by atoms with van der Waals surface area (Å²) in [5, 5.41) is 11.1. The molecule has 2 unspecified atom stereocenters. The van der Waals surface area contributed by atoms with Crippen molar-refractivity contribution in [2.24, 2.45) is 0 Å². The Bertz CT molecular complexity index is 811. The molecular formula is C17H19ClF3N5O. The monoisotopic (exact) mass is 401 g/mol. The number of nitrogens with zero attached hydrogens (tertiary/aromatic N) is 4. The van der Waals surface area contributed by atoms with Gasteiger partial charge in [0, 0.05) is 18.6 Å². The van der Waals surface area contributed by atoms with Gasteiger partial charge in [-0.05, 0) is 44.0 Å². The van der Waals surface area contributed by atoms with E-state index in [0.29, 0.717) is 0 Å². The Hall–Kier alpha value is -2.13. The van der Waals surface area contributed by atoms with E-state index in [-0.39, 0.29) is 41.8 Å². The van der Waals surface area contributed by atoms with Gasteiger partial charge in [0.05, 0.1) is 17.4 Å². The molecule has 2 aromatic rings. The molecule has 3 heterocycles. The molecule has 2 aliphatic heterocycles. The lowest BCUT2D eigenvalue weighted by Gasteiger charge is -2.26. The predicted molar refractivity (Wildman–Crippen MR) is 94.1 cm³/mol. The first-order valence-corrected chi connectivity index (χ1v) is 8.57. The fourth-order valence-electron chi connectivity index (χ4n) is 3.76. The molecule has 6 nitrogen and oxygen atoms in total. The Balaban J connectivity index is 0.00000210. The van der Waals surface area contributed by atoms with E-state index in [0.717, 1.165) is 44.5 Å². The third-order valence-electron chi connectivity index (χ3n) is 5.04. The highest BCUT2D eigenvalue weighted by atomic mass is 35.5. The van der Waals surface area contributed by atoms with Crippen LogP contribution in [-0.4, -0.2) is 51.0 Å². The zero-order valence-corrected chi connectivity index (χ0v) is 15.1. The highest BCUT2D eigenvalue weighted by molar-refractivity contribution is 5.92. The van der Waals surface area contributed by atoms with E-state index in [1.165, 1.54) is 23.0 Å². The quantitative estimate of drug-likeness (QED) is 0.840. The Morgan fingerprint density at radius 2 is 1.96 bits per heavy atom. The molecule has 2 bridgehead atoms. The fourth-order valence-corrected chi connectivity index (χ4v) is 3.76. The lowest BCUT2D eigenvalue weighted by Crippen LogP contribution is -2.42. The van der Waals surface area contributed by atoms with Gasteiger partial charge in [0.15, 0.2) is 5.69 Å². The maximum Gasteiger partial charge on any atom is 0.416 e. The summed E-state index contributed by atoms with van der Waals surface area (Å²) in [6, 6.07) is 5.10. The molecule has 1 N–H and O–H groups in total. The van der Waals surface area contributed by atoms with E-state index >= 15 is 0 Å². The molecule has 0 radical (unpaired) electrons. The van der Waals surface area contributed by atoms with Crippen LogP contribution in [0.3, 0.4) is 0 Å². The smallest absolute Gasteiger partial charge is 0.330 e. The third kappa shape index (κ3) is 3.79. The van der Waals surface area contributed by atoms with Crippen molar-refractivity contribution in [3.63, 3.8) is 0 Å². The van der Waals surface area contributed by atoms with Crippen LogP contribution in [0.2, 0.25) is 0 Å². The second-order valence-corrected chi connectivity index (χ2v) is 6.69. The highest BCUT2D eigenvalue weighted by Gasteiger charge is 2.39. The Kier molecular flexibility index (Phi) is 5.43. The topological polar surface area (TPSA) is 63.1 Å². The standard InChI is InChI=1S/C17H18F3N5O.ClH/c18-17(19,20)11-2-1-3-13(8-11)24-10-15(22-23-24)16(26)25-12-4-5-14(25)9-21-7-6-12;/h1-3,8,10,12,14,21H,4-7,9H2;1H. The number of hydrogen-bond donors (Lipinski definition) is 1. The number of fused-ring (bicyclic) bond motifs is 2. The molecule has 0 aliphatic carbocycles. The fraction of sp³-hybridized carbons (Fsp3) is 0.471. The third-order valence-corrected chi connectivity index (χ3v) is 5.04. The Labute approximate surface area is 160 Å². The molecule has 2 atom stereocenters. The molecule has 4 rings (SSSR count). The second kappa shape index (κ2) is 7.47. The molecule has 10 heteroatoms. The normalized spacial score (nSPS) is 22.3. The number of hydrogen-bond acceptors (Lipinski definition) is 4. The molecule has 146 valence electrons. The van der Waals surface area contributed by atoms with Gasteiger partial charge in [0.2, 0.25) is 0 Å². The molecule has 2 aliphatic rings. The number of halogens is 4. The van der Waals surface area contributed by atoms with E-state index in [4.69, 9.17) is 0 Å².